The zero-order valence-corrected chi connectivity index (χ0v) is 11.8. The minimum absolute atomic E-state index is 0.611. The molecule has 0 aliphatic carbocycles. The van der Waals surface area contributed by atoms with Crippen molar-refractivity contribution >= 4 is 0 Å². The summed E-state index contributed by atoms with van der Waals surface area (Å²) < 4.78 is 5.41. The van der Waals surface area contributed by atoms with E-state index in [1.807, 2.05) is 12.3 Å². The molecule has 1 N–H and O–H groups in total. The van der Waals surface area contributed by atoms with Gasteiger partial charge in [0, 0.05) is 24.4 Å². The lowest BCUT2D eigenvalue weighted by atomic mass is 9.96. The molecule has 1 unspecified atom stereocenters. The van der Waals surface area contributed by atoms with E-state index in [2.05, 4.69) is 27.4 Å². The number of rotatable bonds is 4. The Bertz CT molecular complexity index is 561. The van der Waals surface area contributed by atoms with Crippen LogP contribution in [0.2, 0.25) is 0 Å². The summed E-state index contributed by atoms with van der Waals surface area (Å²) in [5, 5.41) is 7.54. The summed E-state index contributed by atoms with van der Waals surface area (Å²) in [5.41, 5.74) is 2.18. The van der Waals surface area contributed by atoms with Crippen LogP contribution in [0.15, 0.2) is 23.0 Å². The summed E-state index contributed by atoms with van der Waals surface area (Å²) in [5.74, 6) is 2.04. The normalized spacial score (nSPS) is 19.1. The Labute approximate surface area is 118 Å². The van der Waals surface area contributed by atoms with E-state index < -0.39 is 0 Å². The van der Waals surface area contributed by atoms with Crippen LogP contribution in [0.4, 0.5) is 0 Å². The van der Waals surface area contributed by atoms with Gasteiger partial charge in [0.2, 0.25) is 11.7 Å². The van der Waals surface area contributed by atoms with Gasteiger partial charge in [0.1, 0.15) is 0 Å². The molecule has 1 aliphatic heterocycles. The summed E-state index contributed by atoms with van der Waals surface area (Å²) in [7, 11) is 0. The van der Waals surface area contributed by atoms with E-state index in [1.54, 1.807) is 6.20 Å². The van der Waals surface area contributed by atoms with E-state index in [1.165, 1.54) is 12.8 Å². The number of hydrogen-bond donors (Lipinski definition) is 1. The molecule has 5 heteroatoms. The molecule has 2 aromatic heterocycles. The molecular weight excluding hydrogens is 252 g/mol. The first kappa shape index (κ1) is 13.2. The van der Waals surface area contributed by atoms with E-state index in [0.717, 1.165) is 42.9 Å². The minimum Gasteiger partial charge on any atom is -0.339 e. The molecule has 5 nitrogen and oxygen atoms in total. The van der Waals surface area contributed by atoms with Crippen molar-refractivity contribution in [3.8, 4) is 11.4 Å². The van der Waals surface area contributed by atoms with Gasteiger partial charge in [0.25, 0.3) is 0 Å². The standard InChI is InChI=1S/C15H20N4O/c1-2-12-10-17-7-5-13(12)15-18-14(20-19-15)8-11-4-3-6-16-9-11/h5,7,10-11,16H,2-4,6,8-9H2,1H3. The lowest BCUT2D eigenvalue weighted by molar-refractivity contribution is 0.316. The summed E-state index contributed by atoms with van der Waals surface area (Å²) >= 11 is 0. The maximum absolute atomic E-state index is 5.41. The van der Waals surface area contributed by atoms with E-state index in [4.69, 9.17) is 4.52 Å². The lowest BCUT2D eigenvalue weighted by Crippen LogP contribution is -2.30. The number of aromatic nitrogens is 3. The highest BCUT2D eigenvalue weighted by Gasteiger charge is 2.18. The van der Waals surface area contributed by atoms with Crippen molar-refractivity contribution in [2.24, 2.45) is 5.92 Å². The highest BCUT2D eigenvalue weighted by atomic mass is 16.5. The fraction of sp³-hybridized carbons (Fsp3) is 0.533. The second-order valence-electron chi connectivity index (χ2n) is 5.31. The van der Waals surface area contributed by atoms with Crippen molar-refractivity contribution in [1.82, 2.24) is 20.4 Å². The monoisotopic (exact) mass is 272 g/mol. The molecule has 0 radical (unpaired) electrons. The molecule has 3 heterocycles. The van der Waals surface area contributed by atoms with E-state index >= 15 is 0 Å². The van der Waals surface area contributed by atoms with Crippen LogP contribution >= 0.6 is 0 Å². The zero-order chi connectivity index (χ0) is 13.8. The molecule has 20 heavy (non-hydrogen) atoms. The van der Waals surface area contributed by atoms with Crippen LogP contribution in [0.1, 0.15) is 31.2 Å². The Balaban J connectivity index is 1.75. The Morgan fingerprint density at radius 2 is 2.40 bits per heavy atom. The smallest absolute Gasteiger partial charge is 0.227 e. The van der Waals surface area contributed by atoms with Gasteiger partial charge in [-0.3, -0.25) is 4.98 Å². The Hall–Kier alpha value is -1.75. The molecule has 0 saturated carbocycles. The van der Waals surface area contributed by atoms with Crippen LogP contribution in [-0.2, 0) is 12.8 Å². The SMILES string of the molecule is CCc1cnccc1-c1noc(CC2CCCNC2)n1. The fourth-order valence-corrected chi connectivity index (χ4v) is 2.72. The number of pyridine rings is 1. The van der Waals surface area contributed by atoms with Crippen LogP contribution in [0.3, 0.4) is 0 Å². The number of nitrogens with zero attached hydrogens (tertiary/aromatic N) is 3. The van der Waals surface area contributed by atoms with Crippen molar-refractivity contribution in [2.45, 2.75) is 32.6 Å². The molecule has 106 valence electrons. The molecule has 1 atom stereocenters. The van der Waals surface area contributed by atoms with Crippen molar-refractivity contribution in [3.05, 3.63) is 29.9 Å². The van der Waals surface area contributed by atoms with E-state index in [0.29, 0.717) is 11.7 Å². The summed E-state index contributed by atoms with van der Waals surface area (Å²) in [4.78, 5) is 8.70. The van der Waals surface area contributed by atoms with Gasteiger partial charge in [-0.05, 0) is 49.9 Å². The molecule has 0 aromatic carbocycles. The Morgan fingerprint density at radius 3 is 3.20 bits per heavy atom. The number of aryl methyl sites for hydroxylation is 1. The maximum Gasteiger partial charge on any atom is 0.227 e. The van der Waals surface area contributed by atoms with E-state index in [-0.39, 0.29) is 0 Å². The highest BCUT2D eigenvalue weighted by Crippen LogP contribution is 2.22. The summed E-state index contributed by atoms with van der Waals surface area (Å²) in [6, 6.07) is 1.95. The topological polar surface area (TPSA) is 63.8 Å². The highest BCUT2D eigenvalue weighted by molar-refractivity contribution is 5.58. The third-order valence-electron chi connectivity index (χ3n) is 3.86. The van der Waals surface area contributed by atoms with E-state index in [9.17, 15) is 0 Å². The molecule has 2 aromatic rings. The van der Waals surface area contributed by atoms with Crippen LogP contribution in [0.5, 0.6) is 0 Å². The van der Waals surface area contributed by atoms with Gasteiger partial charge in [-0.1, -0.05) is 12.1 Å². The molecule has 1 saturated heterocycles. The van der Waals surface area contributed by atoms with Gasteiger partial charge in [-0.2, -0.15) is 4.98 Å². The van der Waals surface area contributed by atoms with Gasteiger partial charge in [0.05, 0.1) is 0 Å². The quantitative estimate of drug-likeness (QED) is 0.924. The molecule has 0 spiro atoms. The van der Waals surface area contributed by atoms with Gasteiger partial charge in [-0.15, -0.1) is 0 Å². The van der Waals surface area contributed by atoms with Gasteiger partial charge >= 0.3 is 0 Å². The zero-order valence-electron chi connectivity index (χ0n) is 11.8. The third-order valence-corrected chi connectivity index (χ3v) is 3.86. The number of piperidine rings is 1. The van der Waals surface area contributed by atoms with Crippen molar-refractivity contribution in [2.75, 3.05) is 13.1 Å². The summed E-state index contributed by atoms with van der Waals surface area (Å²) in [6.07, 6.45) is 7.90. The first-order chi connectivity index (χ1) is 9.86. The average Bonchev–Trinajstić information content (AvgIpc) is 2.96. The number of hydrogen-bond acceptors (Lipinski definition) is 5. The molecule has 0 amide bonds. The van der Waals surface area contributed by atoms with Crippen LogP contribution in [0.25, 0.3) is 11.4 Å². The van der Waals surface area contributed by atoms with Crippen molar-refractivity contribution < 1.29 is 4.52 Å². The van der Waals surface area contributed by atoms with Crippen molar-refractivity contribution in [1.29, 1.82) is 0 Å². The molecular formula is C15H20N4O. The van der Waals surface area contributed by atoms with Crippen LogP contribution in [0, 0.1) is 5.92 Å². The molecule has 0 bridgehead atoms. The van der Waals surface area contributed by atoms with Crippen LogP contribution in [-0.4, -0.2) is 28.2 Å². The largest absolute Gasteiger partial charge is 0.339 e. The average molecular weight is 272 g/mol. The van der Waals surface area contributed by atoms with Gasteiger partial charge in [-0.25, -0.2) is 0 Å². The maximum atomic E-state index is 5.41. The fourth-order valence-electron chi connectivity index (χ4n) is 2.72. The third kappa shape index (κ3) is 2.88. The lowest BCUT2D eigenvalue weighted by Gasteiger charge is -2.20. The predicted octanol–water partition coefficient (Wildman–Crippen LogP) is 2.24. The predicted molar refractivity (Wildman–Crippen MR) is 76.2 cm³/mol. The summed E-state index contributed by atoms with van der Waals surface area (Å²) in [6.45, 7) is 4.28. The first-order valence-corrected chi connectivity index (χ1v) is 7.33. The second-order valence-corrected chi connectivity index (χ2v) is 5.31. The van der Waals surface area contributed by atoms with Gasteiger partial charge in [0.15, 0.2) is 0 Å². The molecule has 1 fully saturated rings. The molecule has 1 aliphatic rings. The van der Waals surface area contributed by atoms with Gasteiger partial charge < -0.3 is 9.84 Å². The first-order valence-electron chi connectivity index (χ1n) is 7.33. The van der Waals surface area contributed by atoms with Crippen LogP contribution < -0.4 is 5.32 Å². The molecule has 3 rings (SSSR count). The second kappa shape index (κ2) is 6.13. The Morgan fingerprint density at radius 1 is 1.45 bits per heavy atom. The minimum atomic E-state index is 0.611. The number of nitrogens with one attached hydrogen (secondary N) is 1. The Kier molecular flexibility index (Phi) is 4.06. The van der Waals surface area contributed by atoms with Crippen molar-refractivity contribution in [3.63, 3.8) is 0 Å².